The molecule has 4 heteroatoms. The molecule has 0 fully saturated rings. The van der Waals surface area contributed by atoms with Gasteiger partial charge in [0.2, 0.25) is 0 Å². The lowest BCUT2D eigenvalue weighted by Gasteiger charge is -2.02. The van der Waals surface area contributed by atoms with Gasteiger partial charge in [-0.05, 0) is 24.1 Å². The van der Waals surface area contributed by atoms with E-state index in [1.807, 2.05) is 31.3 Å². The minimum Gasteiger partial charge on any atom is -0.383 e. The van der Waals surface area contributed by atoms with Crippen LogP contribution in [0.3, 0.4) is 0 Å². The SMILES string of the molecule is CCc1nn(C)c(N)c1-c1ccc(Cl)cc1. The maximum absolute atomic E-state index is 6.02. The third-order valence-corrected chi connectivity index (χ3v) is 2.88. The van der Waals surface area contributed by atoms with E-state index in [0.717, 1.165) is 28.3 Å². The van der Waals surface area contributed by atoms with Gasteiger partial charge in [-0.15, -0.1) is 0 Å². The summed E-state index contributed by atoms with van der Waals surface area (Å²) in [6.45, 7) is 2.07. The molecule has 2 rings (SSSR count). The summed E-state index contributed by atoms with van der Waals surface area (Å²) in [6.07, 6.45) is 0.864. The van der Waals surface area contributed by atoms with Crippen molar-refractivity contribution in [3.63, 3.8) is 0 Å². The summed E-state index contributed by atoms with van der Waals surface area (Å²) in [7, 11) is 1.86. The van der Waals surface area contributed by atoms with Crippen LogP contribution in [0.2, 0.25) is 5.02 Å². The standard InChI is InChI=1S/C12H14ClN3/c1-3-10-11(12(14)16(2)15-10)8-4-6-9(13)7-5-8/h4-7H,3,14H2,1-2H3. The Balaban J connectivity index is 2.58. The highest BCUT2D eigenvalue weighted by atomic mass is 35.5. The smallest absolute Gasteiger partial charge is 0.129 e. The van der Waals surface area contributed by atoms with E-state index in [2.05, 4.69) is 12.0 Å². The Morgan fingerprint density at radius 3 is 2.50 bits per heavy atom. The molecule has 0 amide bonds. The lowest BCUT2D eigenvalue weighted by molar-refractivity contribution is 0.755. The minimum absolute atomic E-state index is 0.694. The maximum Gasteiger partial charge on any atom is 0.129 e. The molecule has 0 unspecified atom stereocenters. The molecule has 2 N–H and O–H groups in total. The average molecular weight is 236 g/mol. The molecule has 1 aromatic heterocycles. The Bertz CT molecular complexity index is 500. The first-order chi connectivity index (χ1) is 7.63. The highest BCUT2D eigenvalue weighted by molar-refractivity contribution is 6.30. The van der Waals surface area contributed by atoms with Crippen molar-refractivity contribution in [3.8, 4) is 11.1 Å². The average Bonchev–Trinajstić information content (AvgIpc) is 2.57. The van der Waals surface area contributed by atoms with Gasteiger partial charge >= 0.3 is 0 Å². The van der Waals surface area contributed by atoms with E-state index in [9.17, 15) is 0 Å². The van der Waals surface area contributed by atoms with Crippen molar-refractivity contribution in [2.24, 2.45) is 7.05 Å². The first kappa shape index (κ1) is 11.0. The van der Waals surface area contributed by atoms with Crippen LogP contribution in [0.4, 0.5) is 5.82 Å². The molecule has 0 spiro atoms. The second kappa shape index (κ2) is 4.18. The molecule has 0 saturated heterocycles. The van der Waals surface area contributed by atoms with Crippen LogP contribution < -0.4 is 5.73 Å². The monoisotopic (exact) mass is 235 g/mol. The fraction of sp³-hybridized carbons (Fsp3) is 0.250. The lowest BCUT2D eigenvalue weighted by Crippen LogP contribution is -1.97. The fourth-order valence-electron chi connectivity index (χ4n) is 1.77. The summed E-state index contributed by atoms with van der Waals surface area (Å²) in [6, 6.07) is 7.66. The van der Waals surface area contributed by atoms with Gasteiger partial charge in [0.1, 0.15) is 5.82 Å². The molecule has 84 valence electrons. The van der Waals surface area contributed by atoms with E-state index in [-0.39, 0.29) is 0 Å². The summed E-state index contributed by atoms with van der Waals surface area (Å²) in [5.74, 6) is 0.694. The molecule has 0 aliphatic heterocycles. The number of halogens is 1. The van der Waals surface area contributed by atoms with Gasteiger partial charge in [-0.25, -0.2) is 0 Å². The van der Waals surface area contributed by atoms with Crippen molar-refractivity contribution < 1.29 is 0 Å². The number of hydrogen-bond donors (Lipinski definition) is 1. The van der Waals surface area contributed by atoms with Crippen molar-refractivity contribution in [3.05, 3.63) is 35.0 Å². The van der Waals surface area contributed by atoms with E-state index >= 15 is 0 Å². The van der Waals surface area contributed by atoms with Gasteiger partial charge in [-0.1, -0.05) is 30.7 Å². The van der Waals surface area contributed by atoms with Crippen LogP contribution >= 0.6 is 11.6 Å². The Labute approximate surface area is 99.8 Å². The molecule has 0 aliphatic carbocycles. The second-order valence-electron chi connectivity index (χ2n) is 3.69. The molecule has 0 aliphatic rings. The molecule has 1 heterocycles. The summed E-state index contributed by atoms with van der Waals surface area (Å²) in [5, 5.41) is 5.11. The van der Waals surface area contributed by atoms with Gasteiger partial charge in [0.05, 0.1) is 5.69 Å². The number of nitrogen functional groups attached to an aromatic ring is 1. The number of nitrogens with two attached hydrogens (primary N) is 1. The molecular weight excluding hydrogens is 222 g/mol. The Morgan fingerprint density at radius 2 is 1.94 bits per heavy atom. The van der Waals surface area contributed by atoms with Crippen molar-refractivity contribution >= 4 is 17.4 Å². The van der Waals surface area contributed by atoms with Crippen LogP contribution in [0.5, 0.6) is 0 Å². The van der Waals surface area contributed by atoms with Crippen LogP contribution in [-0.2, 0) is 13.5 Å². The Kier molecular flexibility index (Phi) is 2.88. The van der Waals surface area contributed by atoms with E-state index in [4.69, 9.17) is 17.3 Å². The van der Waals surface area contributed by atoms with Gasteiger partial charge in [-0.3, -0.25) is 4.68 Å². The molecule has 0 bridgehead atoms. The number of anilines is 1. The number of aromatic nitrogens is 2. The van der Waals surface area contributed by atoms with Crippen LogP contribution in [0, 0.1) is 0 Å². The number of rotatable bonds is 2. The van der Waals surface area contributed by atoms with E-state index in [1.54, 1.807) is 4.68 Å². The highest BCUT2D eigenvalue weighted by Gasteiger charge is 2.13. The number of aryl methyl sites for hydroxylation is 2. The summed E-state index contributed by atoms with van der Waals surface area (Å²) in [4.78, 5) is 0. The number of nitrogens with zero attached hydrogens (tertiary/aromatic N) is 2. The van der Waals surface area contributed by atoms with Crippen molar-refractivity contribution in [2.75, 3.05) is 5.73 Å². The minimum atomic E-state index is 0.694. The Hall–Kier alpha value is -1.48. The van der Waals surface area contributed by atoms with Crippen LogP contribution in [0.1, 0.15) is 12.6 Å². The van der Waals surface area contributed by atoms with E-state index in [1.165, 1.54) is 0 Å². The quantitative estimate of drug-likeness (QED) is 0.870. The van der Waals surface area contributed by atoms with E-state index < -0.39 is 0 Å². The summed E-state index contributed by atoms with van der Waals surface area (Å²) in [5.41, 5.74) is 9.11. The van der Waals surface area contributed by atoms with E-state index in [0.29, 0.717) is 5.82 Å². The zero-order chi connectivity index (χ0) is 11.7. The molecule has 0 radical (unpaired) electrons. The van der Waals surface area contributed by atoms with Crippen LogP contribution in [0.25, 0.3) is 11.1 Å². The molecule has 16 heavy (non-hydrogen) atoms. The molecule has 3 nitrogen and oxygen atoms in total. The van der Waals surface area contributed by atoms with Gasteiger partial charge in [0.15, 0.2) is 0 Å². The lowest BCUT2D eigenvalue weighted by atomic mass is 10.0. The van der Waals surface area contributed by atoms with Gasteiger partial charge in [0, 0.05) is 17.6 Å². The van der Waals surface area contributed by atoms with Crippen LogP contribution in [-0.4, -0.2) is 9.78 Å². The van der Waals surface area contributed by atoms with Crippen molar-refractivity contribution in [1.82, 2.24) is 9.78 Å². The van der Waals surface area contributed by atoms with Crippen molar-refractivity contribution in [2.45, 2.75) is 13.3 Å². The first-order valence-electron chi connectivity index (χ1n) is 5.20. The van der Waals surface area contributed by atoms with Crippen LogP contribution in [0.15, 0.2) is 24.3 Å². The van der Waals surface area contributed by atoms with Gasteiger partial charge in [-0.2, -0.15) is 5.10 Å². The summed E-state index contributed by atoms with van der Waals surface area (Å²) < 4.78 is 1.71. The zero-order valence-corrected chi connectivity index (χ0v) is 10.1. The maximum atomic E-state index is 6.02. The zero-order valence-electron chi connectivity index (χ0n) is 9.37. The van der Waals surface area contributed by atoms with Crippen molar-refractivity contribution in [1.29, 1.82) is 0 Å². The normalized spacial score (nSPS) is 10.7. The molecule has 1 aromatic carbocycles. The first-order valence-corrected chi connectivity index (χ1v) is 5.58. The molecule has 0 saturated carbocycles. The second-order valence-corrected chi connectivity index (χ2v) is 4.13. The molecular formula is C12H14ClN3. The third-order valence-electron chi connectivity index (χ3n) is 2.63. The number of benzene rings is 1. The third kappa shape index (κ3) is 1.78. The highest BCUT2D eigenvalue weighted by Crippen LogP contribution is 2.30. The molecule has 0 atom stereocenters. The fourth-order valence-corrected chi connectivity index (χ4v) is 1.90. The predicted octanol–water partition coefficient (Wildman–Crippen LogP) is 2.89. The number of hydrogen-bond acceptors (Lipinski definition) is 2. The van der Waals surface area contributed by atoms with Gasteiger partial charge in [0.25, 0.3) is 0 Å². The molecule has 2 aromatic rings. The topological polar surface area (TPSA) is 43.8 Å². The predicted molar refractivity (Wildman–Crippen MR) is 67.4 cm³/mol. The Morgan fingerprint density at radius 1 is 1.31 bits per heavy atom. The van der Waals surface area contributed by atoms with Gasteiger partial charge < -0.3 is 5.73 Å². The summed E-state index contributed by atoms with van der Waals surface area (Å²) >= 11 is 5.87. The largest absolute Gasteiger partial charge is 0.383 e.